The van der Waals surface area contributed by atoms with Crippen molar-refractivity contribution in [3.63, 3.8) is 0 Å². The average Bonchev–Trinajstić information content (AvgIpc) is 2.15. The number of carbonyl (C=O) groups is 1. The van der Waals surface area contributed by atoms with E-state index < -0.39 is 9.84 Å². The van der Waals surface area contributed by atoms with Gasteiger partial charge in [0, 0.05) is 25.4 Å². The lowest BCUT2D eigenvalue weighted by Crippen LogP contribution is -2.46. The Kier molecular flexibility index (Phi) is 5.59. The second kappa shape index (κ2) is 6.50. The van der Waals surface area contributed by atoms with Gasteiger partial charge in [0.2, 0.25) is 0 Å². The molecule has 1 aliphatic rings. The zero-order valence-corrected chi connectivity index (χ0v) is 11.6. The molecule has 1 heterocycles. The molecular weight excluding hydrogens is 238 g/mol. The van der Waals surface area contributed by atoms with Gasteiger partial charge in [-0.3, -0.25) is 4.79 Å². The van der Waals surface area contributed by atoms with Crippen LogP contribution in [0.15, 0.2) is 0 Å². The number of nitrogens with one attached hydrogen (secondary N) is 1. The molecule has 0 aromatic rings. The number of ketones is 1. The summed E-state index contributed by atoms with van der Waals surface area (Å²) in [5.41, 5.74) is 0. The van der Waals surface area contributed by atoms with Crippen LogP contribution in [0.3, 0.4) is 0 Å². The van der Waals surface area contributed by atoms with Crippen molar-refractivity contribution in [3.8, 4) is 0 Å². The molecule has 0 aliphatic carbocycles. The Morgan fingerprint density at radius 3 is 2.76 bits per heavy atom. The van der Waals surface area contributed by atoms with Crippen molar-refractivity contribution < 1.29 is 13.2 Å². The number of hydrogen-bond donors (Lipinski definition) is 1. The summed E-state index contributed by atoms with van der Waals surface area (Å²) in [4.78, 5) is 11.8. The first-order chi connectivity index (χ1) is 7.93. The first kappa shape index (κ1) is 14.6. The Hall–Kier alpha value is -0.420. The van der Waals surface area contributed by atoms with Gasteiger partial charge in [-0.1, -0.05) is 26.7 Å². The quantitative estimate of drug-likeness (QED) is 0.779. The van der Waals surface area contributed by atoms with Crippen LogP contribution >= 0.6 is 0 Å². The van der Waals surface area contributed by atoms with Crippen molar-refractivity contribution in [1.82, 2.24) is 5.32 Å². The van der Waals surface area contributed by atoms with Crippen LogP contribution in [0.4, 0.5) is 0 Å². The van der Waals surface area contributed by atoms with Gasteiger partial charge in [0.25, 0.3) is 0 Å². The van der Waals surface area contributed by atoms with Gasteiger partial charge in [0.05, 0.1) is 11.5 Å². The van der Waals surface area contributed by atoms with Crippen molar-refractivity contribution >= 4 is 15.6 Å². The molecule has 17 heavy (non-hydrogen) atoms. The van der Waals surface area contributed by atoms with Crippen molar-refractivity contribution in [2.45, 2.75) is 45.6 Å². The fourth-order valence-corrected chi connectivity index (χ4v) is 3.78. The summed E-state index contributed by atoms with van der Waals surface area (Å²) in [5, 5.41) is 3.11. The Morgan fingerprint density at radius 1 is 1.47 bits per heavy atom. The molecule has 100 valence electrons. The molecule has 5 heteroatoms. The summed E-state index contributed by atoms with van der Waals surface area (Å²) in [6.45, 7) is 4.66. The minimum atomic E-state index is -2.93. The average molecular weight is 261 g/mol. The molecule has 0 aromatic heterocycles. The lowest BCUT2D eigenvalue weighted by molar-refractivity contribution is -0.120. The maximum Gasteiger partial charge on any atom is 0.153 e. The SMILES string of the molecule is CCCC(C)CC(=O)CC1CS(=O)(=O)CCN1. The fraction of sp³-hybridized carbons (Fsp3) is 0.917. The van der Waals surface area contributed by atoms with Gasteiger partial charge in [-0.15, -0.1) is 0 Å². The topological polar surface area (TPSA) is 63.2 Å². The Balaban J connectivity index is 2.36. The first-order valence-corrected chi connectivity index (χ1v) is 8.20. The largest absolute Gasteiger partial charge is 0.312 e. The molecular formula is C12H23NO3S. The lowest BCUT2D eigenvalue weighted by Gasteiger charge is -2.23. The van der Waals surface area contributed by atoms with Crippen LogP contribution in [0.2, 0.25) is 0 Å². The standard InChI is InChI=1S/C12H23NO3S/c1-3-4-10(2)7-12(14)8-11-9-17(15,16)6-5-13-11/h10-11,13H,3-9H2,1-2H3. The van der Waals surface area contributed by atoms with E-state index in [1.54, 1.807) is 0 Å². The molecule has 4 nitrogen and oxygen atoms in total. The molecule has 1 rings (SSSR count). The molecule has 1 aliphatic heterocycles. The summed E-state index contributed by atoms with van der Waals surface area (Å²) < 4.78 is 22.8. The predicted octanol–water partition coefficient (Wildman–Crippen LogP) is 1.16. The molecule has 0 saturated carbocycles. The number of rotatable bonds is 6. The van der Waals surface area contributed by atoms with Gasteiger partial charge in [0.15, 0.2) is 9.84 Å². The second-order valence-corrected chi connectivity index (χ2v) is 7.33. The molecule has 0 aromatic carbocycles. The molecule has 1 N–H and O–H groups in total. The third-order valence-corrected chi connectivity index (χ3v) is 4.87. The molecule has 1 fully saturated rings. The van der Waals surface area contributed by atoms with Crippen molar-refractivity contribution in [2.75, 3.05) is 18.1 Å². The highest BCUT2D eigenvalue weighted by molar-refractivity contribution is 7.91. The summed E-state index contributed by atoms with van der Waals surface area (Å²) in [6, 6.07) is -0.171. The summed E-state index contributed by atoms with van der Waals surface area (Å²) in [6.07, 6.45) is 3.08. The normalized spacial score (nSPS) is 25.4. The maximum absolute atomic E-state index is 11.8. The summed E-state index contributed by atoms with van der Waals surface area (Å²) >= 11 is 0. The number of Topliss-reactive ketones (excluding diaryl/α,β-unsaturated/α-hetero) is 1. The van der Waals surface area contributed by atoms with E-state index in [1.165, 1.54) is 0 Å². The van der Waals surface area contributed by atoms with Gasteiger partial charge in [-0.05, 0) is 5.92 Å². The third kappa shape index (κ3) is 5.64. The second-order valence-electron chi connectivity index (χ2n) is 5.11. The Labute approximate surface area is 104 Å². The fourth-order valence-electron chi connectivity index (χ4n) is 2.34. The Morgan fingerprint density at radius 2 is 2.18 bits per heavy atom. The maximum atomic E-state index is 11.8. The third-order valence-electron chi connectivity index (χ3n) is 3.13. The molecule has 0 bridgehead atoms. The highest BCUT2D eigenvalue weighted by Gasteiger charge is 2.26. The molecule has 0 spiro atoms. The van der Waals surface area contributed by atoms with Crippen molar-refractivity contribution in [2.24, 2.45) is 5.92 Å². The Bertz CT molecular complexity index is 351. The van der Waals surface area contributed by atoms with E-state index in [-0.39, 0.29) is 23.3 Å². The van der Waals surface area contributed by atoms with Crippen LogP contribution in [-0.2, 0) is 14.6 Å². The molecule has 0 amide bonds. The zero-order chi connectivity index (χ0) is 12.9. The highest BCUT2D eigenvalue weighted by atomic mass is 32.2. The van der Waals surface area contributed by atoms with Crippen LogP contribution < -0.4 is 5.32 Å². The monoisotopic (exact) mass is 261 g/mol. The van der Waals surface area contributed by atoms with Crippen LogP contribution in [-0.4, -0.2) is 38.3 Å². The van der Waals surface area contributed by atoms with E-state index in [1.807, 2.05) is 0 Å². The van der Waals surface area contributed by atoms with Gasteiger partial charge in [-0.2, -0.15) is 0 Å². The van der Waals surface area contributed by atoms with E-state index in [2.05, 4.69) is 19.2 Å². The number of hydrogen-bond acceptors (Lipinski definition) is 4. The summed E-state index contributed by atoms with van der Waals surface area (Å²) in [5.74, 6) is 0.901. The van der Waals surface area contributed by atoms with Gasteiger partial charge in [0.1, 0.15) is 5.78 Å². The van der Waals surface area contributed by atoms with E-state index in [0.29, 0.717) is 25.3 Å². The predicted molar refractivity (Wildman–Crippen MR) is 68.8 cm³/mol. The number of sulfone groups is 1. The molecule has 2 atom stereocenters. The van der Waals surface area contributed by atoms with Crippen molar-refractivity contribution in [1.29, 1.82) is 0 Å². The zero-order valence-electron chi connectivity index (χ0n) is 10.7. The van der Waals surface area contributed by atoms with E-state index in [9.17, 15) is 13.2 Å². The number of carbonyl (C=O) groups excluding carboxylic acids is 1. The minimum absolute atomic E-state index is 0.112. The minimum Gasteiger partial charge on any atom is -0.312 e. The summed E-state index contributed by atoms with van der Waals surface area (Å²) in [7, 11) is -2.93. The smallest absolute Gasteiger partial charge is 0.153 e. The highest BCUT2D eigenvalue weighted by Crippen LogP contribution is 2.13. The first-order valence-electron chi connectivity index (χ1n) is 6.38. The molecule has 0 radical (unpaired) electrons. The van der Waals surface area contributed by atoms with Crippen LogP contribution in [0, 0.1) is 5.92 Å². The van der Waals surface area contributed by atoms with Gasteiger partial charge < -0.3 is 5.32 Å². The van der Waals surface area contributed by atoms with Gasteiger partial charge >= 0.3 is 0 Å². The van der Waals surface area contributed by atoms with Gasteiger partial charge in [-0.25, -0.2) is 8.42 Å². The van der Waals surface area contributed by atoms with Crippen LogP contribution in [0.25, 0.3) is 0 Å². The van der Waals surface area contributed by atoms with E-state index in [4.69, 9.17) is 0 Å². The van der Waals surface area contributed by atoms with Crippen LogP contribution in [0.5, 0.6) is 0 Å². The molecule has 1 saturated heterocycles. The van der Waals surface area contributed by atoms with E-state index in [0.717, 1.165) is 12.8 Å². The van der Waals surface area contributed by atoms with E-state index >= 15 is 0 Å². The lowest BCUT2D eigenvalue weighted by atomic mass is 9.97. The van der Waals surface area contributed by atoms with Crippen LogP contribution in [0.1, 0.15) is 39.5 Å². The molecule has 2 unspecified atom stereocenters. The van der Waals surface area contributed by atoms with Crippen molar-refractivity contribution in [3.05, 3.63) is 0 Å².